The van der Waals surface area contributed by atoms with Gasteiger partial charge in [0.15, 0.2) is 6.10 Å². The Morgan fingerprint density at radius 1 is 1.47 bits per heavy atom. The van der Waals surface area contributed by atoms with Gasteiger partial charge in [0, 0.05) is 0 Å². The summed E-state index contributed by atoms with van der Waals surface area (Å²) in [5.41, 5.74) is 1.25. The first kappa shape index (κ1) is 11.7. The molecule has 0 saturated heterocycles. The molecule has 4 heteroatoms. The lowest BCUT2D eigenvalue weighted by molar-refractivity contribution is -0.147. The quantitative estimate of drug-likeness (QED) is 0.807. The van der Waals surface area contributed by atoms with Crippen molar-refractivity contribution in [3.63, 3.8) is 0 Å². The molecule has 0 bridgehead atoms. The van der Waals surface area contributed by atoms with E-state index in [4.69, 9.17) is 5.11 Å². The molecule has 3 nitrogen and oxygen atoms in total. The SMILES string of the molecule is Cc1ccc(C(C)F)cc1C(O)C(=O)O. The van der Waals surface area contributed by atoms with Crippen LogP contribution in [0.3, 0.4) is 0 Å². The lowest BCUT2D eigenvalue weighted by Gasteiger charge is -2.12. The minimum Gasteiger partial charge on any atom is -0.479 e. The van der Waals surface area contributed by atoms with E-state index in [1.807, 2.05) is 0 Å². The van der Waals surface area contributed by atoms with Crippen LogP contribution in [0.4, 0.5) is 4.39 Å². The summed E-state index contributed by atoms with van der Waals surface area (Å²) >= 11 is 0. The Labute approximate surface area is 87.2 Å². The summed E-state index contributed by atoms with van der Waals surface area (Å²) in [4.78, 5) is 10.6. The Bertz CT molecular complexity index is 374. The summed E-state index contributed by atoms with van der Waals surface area (Å²) in [7, 11) is 0. The third-order valence-corrected chi connectivity index (χ3v) is 2.29. The van der Waals surface area contributed by atoms with Crippen molar-refractivity contribution >= 4 is 5.97 Å². The maximum Gasteiger partial charge on any atom is 0.337 e. The van der Waals surface area contributed by atoms with E-state index in [2.05, 4.69) is 0 Å². The number of rotatable bonds is 3. The van der Waals surface area contributed by atoms with Gasteiger partial charge in [-0.3, -0.25) is 0 Å². The molecule has 0 aliphatic heterocycles. The highest BCUT2D eigenvalue weighted by atomic mass is 19.1. The Hall–Kier alpha value is -1.42. The van der Waals surface area contributed by atoms with Crippen molar-refractivity contribution in [1.82, 2.24) is 0 Å². The van der Waals surface area contributed by atoms with Gasteiger partial charge >= 0.3 is 5.97 Å². The van der Waals surface area contributed by atoms with Crippen LogP contribution >= 0.6 is 0 Å². The maximum absolute atomic E-state index is 13.0. The highest BCUT2D eigenvalue weighted by Gasteiger charge is 2.19. The molecule has 1 aromatic rings. The van der Waals surface area contributed by atoms with E-state index in [0.29, 0.717) is 11.1 Å². The van der Waals surface area contributed by atoms with Crippen molar-refractivity contribution in [2.24, 2.45) is 0 Å². The molecule has 0 aliphatic rings. The third-order valence-electron chi connectivity index (χ3n) is 2.29. The van der Waals surface area contributed by atoms with E-state index in [-0.39, 0.29) is 5.56 Å². The summed E-state index contributed by atoms with van der Waals surface area (Å²) in [6, 6.07) is 4.57. The highest BCUT2D eigenvalue weighted by molar-refractivity contribution is 5.74. The molecule has 0 aromatic heterocycles. The second-order valence-corrected chi connectivity index (χ2v) is 3.47. The second kappa shape index (κ2) is 4.40. The molecule has 2 unspecified atom stereocenters. The lowest BCUT2D eigenvalue weighted by Crippen LogP contribution is -2.12. The minimum absolute atomic E-state index is 0.240. The molecule has 0 fully saturated rings. The number of aliphatic hydroxyl groups excluding tert-OH is 1. The van der Waals surface area contributed by atoms with Crippen molar-refractivity contribution < 1.29 is 19.4 Å². The monoisotopic (exact) mass is 212 g/mol. The summed E-state index contributed by atoms with van der Waals surface area (Å²) < 4.78 is 13.0. The van der Waals surface area contributed by atoms with E-state index >= 15 is 0 Å². The van der Waals surface area contributed by atoms with Crippen molar-refractivity contribution in [2.45, 2.75) is 26.1 Å². The summed E-state index contributed by atoms with van der Waals surface area (Å²) in [6.45, 7) is 3.04. The van der Waals surface area contributed by atoms with Crippen LogP contribution in [-0.2, 0) is 4.79 Å². The van der Waals surface area contributed by atoms with E-state index in [9.17, 15) is 14.3 Å². The number of carboxylic acid groups (broad SMARTS) is 1. The second-order valence-electron chi connectivity index (χ2n) is 3.47. The molecular formula is C11H13FO3. The van der Waals surface area contributed by atoms with Gasteiger partial charge in [-0.25, -0.2) is 9.18 Å². The van der Waals surface area contributed by atoms with Gasteiger partial charge in [0.2, 0.25) is 0 Å². The molecule has 0 saturated carbocycles. The average molecular weight is 212 g/mol. The molecule has 1 rings (SSSR count). The largest absolute Gasteiger partial charge is 0.479 e. The zero-order chi connectivity index (χ0) is 11.6. The van der Waals surface area contributed by atoms with Crippen molar-refractivity contribution in [1.29, 1.82) is 0 Å². The standard InChI is InChI=1S/C11H13FO3/c1-6-3-4-8(7(2)12)5-9(6)10(13)11(14)15/h3-5,7,10,13H,1-2H3,(H,14,15). The lowest BCUT2D eigenvalue weighted by atomic mass is 9.99. The number of hydrogen-bond donors (Lipinski definition) is 2. The number of aliphatic hydroxyl groups is 1. The Balaban J connectivity index is 3.16. The number of alkyl halides is 1. The van der Waals surface area contributed by atoms with E-state index < -0.39 is 18.2 Å². The van der Waals surface area contributed by atoms with Crippen molar-refractivity contribution in [3.8, 4) is 0 Å². The molecule has 1 aromatic carbocycles. The van der Waals surface area contributed by atoms with Crippen LogP contribution in [0.15, 0.2) is 18.2 Å². The number of carbonyl (C=O) groups is 1. The first-order valence-corrected chi connectivity index (χ1v) is 4.59. The average Bonchev–Trinajstić information content (AvgIpc) is 2.16. The number of hydrogen-bond acceptors (Lipinski definition) is 2. The molecule has 0 heterocycles. The van der Waals surface area contributed by atoms with Crippen LogP contribution in [0.1, 0.15) is 35.9 Å². The van der Waals surface area contributed by atoms with Crippen LogP contribution in [0, 0.1) is 6.92 Å². The molecule has 2 N–H and O–H groups in total. The number of benzene rings is 1. The fourth-order valence-corrected chi connectivity index (χ4v) is 1.33. The smallest absolute Gasteiger partial charge is 0.337 e. The highest BCUT2D eigenvalue weighted by Crippen LogP contribution is 2.24. The number of aliphatic carboxylic acids is 1. The maximum atomic E-state index is 13.0. The van der Waals surface area contributed by atoms with Gasteiger partial charge in [0.25, 0.3) is 0 Å². The minimum atomic E-state index is -1.59. The molecular weight excluding hydrogens is 199 g/mol. The summed E-state index contributed by atoms with van der Waals surface area (Å²) in [5, 5.41) is 18.0. The van der Waals surface area contributed by atoms with E-state index in [1.165, 1.54) is 13.0 Å². The molecule has 0 radical (unpaired) electrons. The van der Waals surface area contributed by atoms with Crippen LogP contribution < -0.4 is 0 Å². The topological polar surface area (TPSA) is 57.5 Å². The zero-order valence-electron chi connectivity index (χ0n) is 8.57. The van der Waals surface area contributed by atoms with Crippen LogP contribution in [0.5, 0.6) is 0 Å². The van der Waals surface area contributed by atoms with E-state index in [1.54, 1.807) is 19.1 Å². The van der Waals surface area contributed by atoms with Crippen LogP contribution in [0.2, 0.25) is 0 Å². The predicted octanol–water partition coefficient (Wildman–Crippen LogP) is 2.14. The van der Waals surface area contributed by atoms with Gasteiger partial charge in [0.05, 0.1) is 0 Å². The number of halogens is 1. The molecule has 15 heavy (non-hydrogen) atoms. The Kier molecular flexibility index (Phi) is 3.42. The first-order valence-electron chi connectivity index (χ1n) is 4.59. The summed E-state index contributed by atoms with van der Waals surface area (Å²) in [6.07, 6.45) is -2.77. The van der Waals surface area contributed by atoms with Crippen molar-refractivity contribution in [3.05, 3.63) is 34.9 Å². The zero-order valence-corrected chi connectivity index (χ0v) is 8.57. The van der Waals surface area contributed by atoms with Gasteiger partial charge < -0.3 is 10.2 Å². The van der Waals surface area contributed by atoms with Gasteiger partial charge in [-0.2, -0.15) is 0 Å². The van der Waals surface area contributed by atoms with Crippen molar-refractivity contribution in [2.75, 3.05) is 0 Å². The molecule has 2 atom stereocenters. The normalized spacial score (nSPS) is 14.7. The molecule has 0 spiro atoms. The Morgan fingerprint density at radius 2 is 2.07 bits per heavy atom. The van der Waals surface area contributed by atoms with Crippen LogP contribution in [0.25, 0.3) is 0 Å². The fraction of sp³-hybridized carbons (Fsp3) is 0.364. The Morgan fingerprint density at radius 3 is 2.53 bits per heavy atom. The fourth-order valence-electron chi connectivity index (χ4n) is 1.33. The molecule has 82 valence electrons. The number of carboxylic acids is 1. The molecule has 0 amide bonds. The van der Waals surface area contributed by atoms with E-state index in [0.717, 1.165) is 0 Å². The van der Waals surface area contributed by atoms with Gasteiger partial charge in [0.1, 0.15) is 6.17 Å². The first-order chi connectivity index (χ1) is 6.93. The van der Waals surface area contributed by atoms with Gasteiger partial charge in [-0.05, 0) is 36.6 Å². The predicted molar refractivity (Wildman–Crippen MR) is 53.3 cm³/mol. The third kappa shape index (κ3) is 2.53. The molecule has 0 aliphatic carbocycles. The van der Waals surface area contributed by atoms with Crippen LogP contribution in [-0.4, -0.2) is 16.2 Å². The summed E-state index contributed by atoms with van der Waals surface area (Å²) in [5.74, 6) is -1.33. The van der Waals surface area contributed by atoms with Gasteiger partial charge in [-0.15, -0.1) is 0 Å². The number of aryl methyl sites for hydroxylation is 1. The van der Waals surface area contributed by atoms with Gasteiger partial charge in [-0.1, -0.05) is 12.1 Å².